The van der Waals surface area contributed by atoms with Crippen LogP contribution >= 0.6 is 0 Å². The van der Waals surface area contributed by atoms with Crippen molar-refractivity contribution < 1.29 is 9.13 Å². The van der Waals surface area contributed by atoms with E-state index in [1.54, 1.807) is 18.2 Å². The van der Waals surface area contributed by atoms with E-state index >= 15 is 0 Å². The van der Waals surface area contributed by atoms with Gasteiger partial charge in [0.05, 0.1) is 12.8 Å². The van der Waals surface area contributed by atoms with Crippen molar-refractivity contribution in [3.63, 3.8) is 0 Å². The molecule has 2 aromatic rings. The van der Waals surface area contributed by atoms with Crippen molar-refractivity contribution in [3.05, 3.63) is 36.1 Å². The Balaban J connectivity index is 2.56. The highest BCUT2D eigenvalue weighted by Gasteiger charge is 2.08. The third-order valence-corrected chi connectivity index (χ3v) is 2.08. The summed E-state index contributed by atoms with van der Waals surface area (Å²) in [7, 11) is 1.47. The minimum atomic E-state index is -0.359. The lowest BCUT2D eigenvalue weighted by molar-refractivity contribution is 0.398. The van der Waals surface area contributed by atoms with Crippen molar-refractivity contribution in [2.75, 3.05) is 12.8 Å². The molecule has 0 fully saturated rings. The molecule has 4 nitrogen and oxygen atoms in total. The van der Waals surface area contributed by atoms with Crippen molar-refractivity contribution in [1.29, 1.82) is 0 Å². The maximum Gasteiger partial charge on any atom is 0.223 e. The Hall–Kier alpha value is -2.17. The number of hydrogen-bond donors (Lipinski definition) is 1. The summed E-state index contributed by atoms with van der Waals surface area (Å²) in [4.78, 5) is 7.79. The first-order valence-corrected chi connectivity index (χ1v) is 4.64. The fourth-order valence-electron chi connectivity index (χ4n) is 1.35. The van der Waals surface area contributed by atoms with Gasteiger partial charge in [0, 0.05) is 11.6 Å². The summed E-state index contributed by atoms with van der Waals surface area (Å²) in [5.41, 5.74) is 6.27. The highest BCUT2D eigenvalue weighted by molar-refractivity contribution is 5.61. The summed E-state index contributed by atoms with van der Waals surface area (Å²) >= 11 is 0. The quantitative estimate of drug-likeness (QED) is 0.837. The SMILES string of the molecule is COc1cc(-c2ccccc2F)nc(N)n1. The normalized spacial score (nSPS) is 10.1. The van der Waals surface area contributed by atoms with Gasteiger partial charge in [-0.2, -0.15) is 4.98 Å². The number of methoxy groups -OCH3 is 1. The predicted molar refractivity (Wildman–Crippen MR) is 58.4 cm³/mol. The van der Waals surface area contributed by atoms with Crippen LogP contribution in [0.3, 0.4) is 0 Å². The molecular formula is C11H10FN3O. The summed E-state index contributed by atoms with van der Waals surface area (Å²) < 4.78 is 18.4. The van der Waals surface area contributed by atoms with Crippen LogP contribution in [0.2, 0.25) is 0 Å². The van der Waals surface area contributed by atoms with Crippen molar-refractivity contribution in [3.8, 4) is 17.1 Å². The Morgan fingerprint density at radius 1 is 1.25 bits per heavy atom. The molecule has 2 N–H and O–H groups in total. The molecule has 82 valence electrons. The Bertz CT molecular complexity index is 516. The molecule has 0 aliphatic heterocycles. The van der Waals surface area contributed by atoms with Crippen LogP contribution in [0, 0.1) is 5.82 Å². The summed E-state index contributed by atoms with van der Waals surface area (Å²) in [5, 5.41) is 0. The van der Waals surface area contributed by atoms with Crippen LogP contribution in [0.1, 0.15) is 0 Å². The van der Waals surface area contributed by atoms with Crippen molar-refractivity contribution in [1.82, 2.24) is 9.97 Å². The molecule has 16 heavy (non-hydrogen) atoms. The number of nitrogen functional groups attached to an aromatic ring is 1. The van der Waals surface area contributed by atoms with Crippen molar-refractivity contribution >= 4 is 5.95 Å². The van der Waals surface area contributed by atoms with E-state index in [0.717, 1.165) is 0 Å². The zero-order chi connectivity index (χ0) is 11.5. The Kier molecular flexibility index (Phi) is 2.68. The van der Waals surface area contributed by atoms with Crippen molar-refractivity contribution in [2.45, 2.75) is 0 Å². The number of rotatable bonds is 2. The van der Waals surface area contributed by atoms with Gasteiger partial charge in [0.15, 0.2) is 0 Å². The fourth-order valence-corrected chi connectivity index (χ4v) is 1.35. The van der Waals surface area contributed by atoms with Gasteiger partial charge in [-0.3, -0.25) is 0 Å². The molecule has 1 aromatic carbocycles. The van der Waals surface area contributed by atoms with Gasteiger partial charge in [0.25, 0.3) is 0 Å². The van der Waals surface area contributed by atoms with Gasteiger partial charge in [0.1, 0.15) is 5.82 Å². The molecular weight excluding hydrogens is 209 g/mol. The molecule has 0 saturated carbocycles. The maximum absolute atomic E-state index is 13.5. The van der Waals surface area contributed by atoms with Crippen LogP contribution in [0.5, 0.6) is 5.88 Å². The number of nitrogens with two attached hydrogens (primary N) is 1. The molecule has 1 heterocycles. The Morgan fingerprint density at radius 2 is 2.00 bits per heavy atom. The number of benzene rings is 1. The van der Waals surface area contributed by atoms with Crippen molar-refractivity contribution in [2.24, 2.45) is 0 Å². The largest absolute Gasteiger partial charge is 0.481 e. The molecule has 0 atom stereocenters. The minimum Gasteiger partial charge on any atom is -0.481 e. The zero-order valence-corrected chi connectivity index (χ0v) is 8.64. The van der Waals surface area contributed by atoms with E-state index in [1.165, 1.54) is 19.2 Å². The second-order valence-electron chi connectivity index (χ2n) is 3.13. The standard InChI is InChI=1S/C11H10FN3O/c1-16-10-6-9(14-11(13)15-10)7-4-2-3-5-8(7)12/h2-6H,1H3,(H2,13,14,15). The van der Waals surface area contributed by atoms with E-state index in [-0.39, 0.29) is 11.8 Å². The highest BCUT2D eigenvalue weighted by atomic mass is 19.1. The van der Waals surface area contributed by atoms with Crippen LogP contribution in [0.4, 0.5) is 10.3 Å². The Labute approximate surface area is 91.9 Å². The number of aromatic nitrogens is 2. The first-order valence-electron chi connectivity index (χ1n) is 4.64. The number of halogens is 1. The van der Waals surface area contributed by atoms with Gasteiger partial charge < -0.3 is 10.5 Å². The molecule has 0 saturated heterocycles. The second kappa shape index (κ2) is 4.14. The monoisotopic (exact) mass is 219 g/mol. The zero-order valence-electron chi connectivity index (χ0n) is 8.64. The molecule has 0 aliphatic rings. The van der Waals surface area contributed by atoms with E-state index in [2.05, 4.69) is 9.97 Å². The van der Waals surface area contributed by atoms with Gasteiger partial charge >= 0.3 is 0 Å². The summed E-state index contributed by atoms with van der Waals surface area (Å²) in [6.07, 6.45) is 0. The number of anilines is 1. The van der Waals surface area contributed by atoms with Gasteiger partial charge in [0.2, 0.25) is 11.8 Å². The molecule has 0 amide bonds. The van der Waals surface area contributed by atoms with Gasteiger partial charge in [-0.05, 0) is 12.1 Å². The van der Waals surface area contributed by atoms with Crippen LogP contribution in [0.25, 0.3) is 11.3 Å². The molecule has 2 rings (SSSR count). The van der Waals surface area contributed by atoms with Crippen LogP contribution in [-0.4, -0.2) is 17.1 Å². The third-order valence-electron chi connectivity index (χ3n) is 2.08. The van der Waals surface area contributed by atoms with E-state index in [1.807, 2.05) is 0 Å². The number of nitrogens with zero attached hydrogens (tertiary/aromatic N) is 2. The van der Waals surface area contributed by atoms with E-state index in [4.69, 9.17) is 10.5 Å². The molecule has 0 aliphatic carbocycles. The van der Waals surface area contributed by atoms with E-state index in [0.29, 0.717) is 17.1 Å². The fraction of sp³-hybridized carbons (Fsp3) is 0.0909. The lowest BCUT2D eigenvalue weighted by atomic mass is 10.1. The van der Waals surface area contributed by atoms with E-state index in [9.17, 15) is 4.39 Å². The van der Waals surface area contributed by atoms with E-state index < -0.39 is 0 Å². The van der Waals surface area contributed by atoms with Crippen LogP contribution < -0.4 is 10.5 Å². The average Bonchev–Trinajstić information content (AvgIpc) is 2.28. The summed E-state index contributed by atoms with van der Waals surface area (Å²) in [6.45, 7) is 0. The topological polar surface area (TPSA) is 61.0 Å². The molecule has 1 aromatic heterocycles. The van der Waals surface area contributed by atoms with Crippen LogP contribution in [-0.2, 0) is 0 Å². The molecule has 0 spiro atoms. The first-order chi connectivity index (χ1) is 7.70. The Morgan fingerprint density at radius 3 is 2.69 bits per heavy atom. The smallest absolute Gasteiger partial charge is 0.223 e. The minimum absolute atomic E-state index is 0.0533. The predicted octanol–water partition coefficient (Wildman–Crippen LogP) is 1.87. The first kappa shape index (κ1) is 10.4. The second-order valence-corrected chi connectivity index (χ2v) is 3.13. The average molecular weight is 219 g/mol. The van der Waals surface area contributed by atoms with Gasteiger partial charge in [-0.15, -0.1) is 0 Å². The molecule has 5 heteroatoms. The lowest BCUT2D eigenvalue weighted by Gasteiger charge is -2.05. The summed E-state index contributed by atoms with van der Waals surface area (Å²) in [5.74, 6) is 0.00556. The summed E-state index contributed by atoms with van der Waals surface area (Å²) in [6, 6.07) is 7.86. The number of hydrogen-bond acceptors (Lipinski definition) is 4. The van der Waals surface area contributed by atoms with Crippen LogP contribution in [0.15, 0.2) is 30.3 Å². The van der Waals surface area contributed by atoms with Gasteiger partial charge in [-0.1, -0.05) is 12.1 Å². The third kappa shape index (κ3) is 1.93. The maximum atomic E-state index is 13.5. The van der Waals surface area contributed by atoms with Gasteiger partial charge in [-0.25, -0.2) is 9.37 Å². The molecule has 0 bridgehead atoms. The highest BCUT2D eigenvalue weighted by Crippen LogP contribution is 2.23. The lowest BCUT2D eigenvalue weighted by Crippen LogP contribution is -1.99. The molecule has 0 unspecified atom stereocenters. The molecule has 0 radical (unpaired) electrons. The number of ether oxygens (including phenoxy) is 1.